The van der Waals surface area contributed by atoms with Crippen molar-refractivity contribution in [3.63, 3.8) is 0 Å². The van der Waals surface area contributed by atoms with Crippen molar-refractivity contribution in [2.45, 2.75) is 33.3 Å². The lowest BCUT2D eigenvalue weighted by Crippen LogP contribution is -2.15. The van der Waals surface area contributed by atoms with Gasteiger partial charge in [-0.3, -0.25) is 4.18 Å². The predicted molar refractivity (Wildman–Crippen MR) is 75.6 cm³/mol. The first-order valence-electron chi connectivity index (χ1n) is 3.83. The van der Waals surface area contributed by atoms with Gasteiger partial charge in [0.25, 0.3) is 0 Å². The van der Waals surface area contributed by atoms with Crippen LogP contribution in [0, 0.1) is 5.92 Å². The Morgan fingerprint density at radius 3 is 2.00 bits per heavy atom. The summed E-state index contributed by atoms with van der Waals surface area (Å²) in [7, 11) is -1.14. The molecule has 1 unspecified atom stereocenters. The van der Waals surface area contributed by atoms with Crippen molar-refractivity contribution in [1.29, 1.82) is 0 Å². The van der Waals surface area contributed by atoms with Crippen molar-refractivity contribution in [3.8, 4) is 0 Å². The molecule has 0 saturated heterocycles. The lowest BCUT2D eigenvalue weighted by molar-refractivity contribution is 0.229. The van der Waals surface area contributed by atoms with Crippen LogP contribution in [0.2, 0.25) is 0 Å². The molecule has 0 aromatic heterocycles. The molecular weight excluding hydrogens is 280 g/mol. The van der Waals surface area contributed by atoms with E-state index >= 15 is 0 Å². The fraction of sp³-hybridized carbons (Fsp3) is 1.00. The molecule has 0 amide bonds. The van der Waals surface area contributed by atoms with Crippen LogP contribution in [0.3, 0.4) is 0 Å². The van der Waals surface area contributed by atoms with Crippen molar-refractivity contribution in [1.82, 2.24) is 0 Å². The molecule has 7 heteroatoms. The van der Waals surface area contributed by atoms with E-state index < -0.39 is 13.5 Å². The first-order chi connectivity index (χ1) is 5.75. The van der Waals surface area contributed by atoms with Crippen molar-refractivity contribution in [2.75, 3.05) is 0 Å². The van der Waals surface area contributed by atoms with Gasteiger partial charge in [0.05, 0.1) is 12.6 Å². The average molecular weight is 295 g/mol. The Labute approximate surface area is 101 Å². The van der Waals surface area contributed by atoms with Crippen LogP contribution in [-0.4, -0.2) is 6.10 Å². The molecule has 0 radical (unpaired) electrons. The summed E-state index contributed by atoms with van der Waals surface area (Å²) in [6.45, 7) is 4.26. The van der Waals surface area contributed by atoms with Crippen LogP contribution in [0.5, 0.6) is 0 Å². The molecule has 13 heavy (non-hydrogen) atoms. The molecule has 0 heterocycles. The molecule has 1 nitrogen and oxygen atoms in total. The molecule has 0 spiro atoms. The van der Waals surface area contributed by atoms with Gasteiger partial charge in [-0.05, 0) is 71.1 Å². The number of hydrogen-bond donors (Lipinski definition) is 1. The fourth-order valence-corrected chi connectivity index (χ4v) is 3.60. The maximum Gasteiger partial charge on any atom is 0.0756 e. The van der Waals surface area contributed by atoms with E-state index in [1.54, 1.807) is 0 Å². The maximum absolute atomic E-state index is 5.54. The van der Waals surface area contributed by atoms with E-state index in [4.69, 9.17) is 48.9 Å². The van der Waals surface area contributed by atoms with Crippen molar-refractivity contribution >= 4 is 58.3 Å². The Bertz CT molecular complexity index is 304. The average Bonchev–Trinajstić information content (AvgIpc) is 1.82. The van der Waals surface area contributed by atoms with Crippen LogP contribution in [-0.2, 0) is 62.4 Å². The molecule has 0 rings (SSSR count). The van der Waals surface area contributed by atoms with Crippen molar-refractivity contribution < 1.29 is 4.18 Å². The Hall–Kier alpha value is 1.54. The zero-order valence-electron chi connectivity index (χ0n) is 7.76. The van der Waals surface area contributed by atoms with E-state index in [1.807, 2.05) is 6.92 Å². The monoisotopic (exact) mass is 294 g/mol. The molecule has 0 aliphatic carbocycles. The third kappa shape index (κ3) is 6.59. The molecule has 0 aliphatic heterocycles. The van der Waals surface area contributed by atoms with Gasteiger partial charge in [0.2, 0.25) is 0 Å². The second-order valence-corrected chi connectivity index (χ2v) is 16.5. The zero-order chi connectivity index (χ0) is 10.6. The minimum atomic E-state index is -1.98. The highest BCUT2D eigenvalue weighted by atomic mass is 33.7. The number of rotatable bonds is 5. The molecule has 0 aromatic carbocycles. The molecule has 0 aliphatic rings. The number of thiol groups is 1. The SMILES string of the molecule is CC(C)CC(C)OS(=S)(=S)[SH](=S)=S. The summed E-state index contributed by atoms with van der Waals surface area (Å²) in [6.07, 6.45) is 1.04. The summed E-state index contributed by atoms with van der Waals surface area (Å²) < 4.78 is 5.54. The molecule has 1 atom stereocenters. The van der Waals surface area contributed by atoms with Gasteiger partial charge in [-0.1, -0.05) is 13.8 Å². The Kier molecular flexibility index (Phi) is 6.93. The quantitative estimate of drug-likeness (QED) is 0.608. The summed E-state index contributed by atoms with van der Waals surface area (Å²) in [4.78, 5) is 0. The van der Waals surface area contributed by atoms with Gasteiger partial charge in [0, 0.05) is 0 Å². The summed E-state index contributed by atoms with van der Waals surface area (Å²) in [5.41, 5.74) is 0. The second kappa shape index (κ2) is 6.19. The Balaban J connectivity index is 4.30. The van der Waals surface area contributed by atoms with Gasteiger partial charge >= 0.3 is 0 Å². The van der Waals surface area contributed by atoms with E-state index in [-0.39, 0.29) is 6.10 Å². The topological polar surface area (TPSA) is 9.23 Å². The van der Waals surface area contributed by atoms with Crippen LogP contribution in [0.4, 0.5) is 0 Å². The molecule has 80 valence electrons. The smallest absolute Gasteiger partial charge is 0.0756 e. The molecule has 0 fully saturated rings. The lowest BCUT2D eigenvalue weighted by Gasteiger charge is -2.16. The standard InChI is InChI=1S/C6H14OS6/c1-5(2)4-6(3)7-13(10,11)12(8)9/h5-6,12H,4H2,1-3H3. The van der Waals surface area contributed by atoms with Crippen LogP contribution < -0.4 is 0 Å². The lowest BCUT2D eigenvalue weighted by atomic mass is 10.1. The van der Waals surface area contributed by atoms with Gasteiger partial charge in [-0.25, -0.2) is 0 Å². The first-order valence-corrected chi connectivity index (χ1v) is 11.2. The van der Waals surface area contributed by atoms with E-state index in [2.05, 4.69) is 13.8 Å². The van der Waals surface area contributed by atoms with Crippen LogP contribution >= 0.6 is 0 Å². The van der Waals surface area contributed by atoms with Gasteiger partial charge in [-0.2, -0.15) is 0 Å². The van der Waals surface area contributed by atoms with E-state index in [0.717, 1.165) is 6.42 Å². The molecular formula is C6H14OS6. The van der Waals surface area contributed by atoms with Gasteiger partial charge in [-0.15, -0.1) is 0 Å². The highest BCUT2D eigenvalue weighted by Crippen LogP contribution is 2.11. The van der Waals surface area contributed by atoms with Gasteiger partial charge in [0.15, 0.2) is 0 Å². The summed E-state index contributed by atoms with van der Waals surface area (Å²) >= 11 is 20.0. The zero-order valence-corrected chi connectivity index (χ0v) is 12.7. The normalized spacial score (nSPS) is 15.2. The Morgan fingerprint density at radius 2 is 1.69 bits per heavy atom. The number of hydrogen-bond acceptors (Lipinski definition) is 5. The van der Waals surface area contributed by atoms with Crippen LogP contribution in [0.25, 0.3) is 0 Å². The maximum atomic E-state index is 5.54. The minimum Gasteiger partial charge on any atom is -0.299 e. The molecule has 0 saturated carbocycles. The first kappa shape index (κ1) is 14.5. The minimum absolute atomic E-state index is 0.0842. The largest absolute Gasteiger partial charge is 0.299 e. The third-order valence-electron chi connectivity index (χ3n) is 1.27. The van der Waals surface area contributed by atoms with Crippen LogP contribution in [0.15, 0.2) is 0 Å². The van der Waals surface area contributed by atoms with Gasteiger partial charge < -0.3 is 0 Å². The van der Waals surface area contributed by atoms with Crippen molar-refractivity contribution in [3.05, 3.63) is 0 Å². The molecule has 0 bridgehead atoms. The Morgan fingerprint density at radius 1 is 1.23 bits per heavy atom. The summed E-state index contributed by atoms with van der Waals surface area (Å²) in [6, 6.07) is 0. The van der Waals surface area contributed by atoms with Crippen molar-refractivity contribution in [2.24, 2.45) is 5.92 Å². The summed E-state index contributed by atoms with van der Waals surface area (Å²) in [5, 5.41) is 0. The second-order valence-electron chi connectivity index (χ2n) is 3.19. The van der Waals surface area contributed by atoms with E-state index in [9.17, 15) is 0 Å². The van der Waals surface area contributed by atoms with Crippen LogP contribution in [0.1, 0.15) is 27.2 Å². The molecule has 0 aromatic rings. The highest BCUT2D eigenvalue weighted by molar-refractivity contribution is 9.03. The van der Waals surface area contributed by atoms with E-state index in [0.29, 0.717) is 5.92 Å². The highest BCUT2D eigenvalue weighted by Gasteiger charge is 2.10. The van der Waals surface area contributed by atoms with E-state index in [1.165, 1.54) is 0 Å². The molecule has 0 N–H and O–H groups in total. The van der Waals surface area contributed by atoms with Gasteiger partial charge in [0.1, 0.15) is 0 Å². The third-order valence-corrected chi connectivity index (χ3v) is 13.9. The predicted octanol–water partition coefficient (Wildman–Crippen LogP) is 1.62. The summed E-state index contributed by atoms with van der Waals surface area (Å²) in [5.74, 6) is 0.580. The fourth-order valence-electron chi connectivity index (χ4n) is 0.946.